The van der Waals surface area contributed by atoms with Crippen LogP contribution >= 0.6 is 0 Å². The highest BCUT2D eigenvalue weighted by Gasteiger charge is 2.26. The van der Waals surface area contributed by atoms with Crippen molar-refractivity contribution in [2.24, 2.45) is 5.92 Å². The summed E-state index contributed by atoms with van der Waals surface area (Å²) in [4.78, 5) is 22.8. The zero-order chi connectivity index (χ0) is 13.1. The van der Waals surface area contributed by atoms with Crippen LogP contribution in [0.4, 0.5) is 0 Å². The quantitative estimate of drug-likeness (QED) is 0.888. The van der Waals surface area contributed by atoms with Crippen molar-refractivity contribution in [3.8, 4) is 0 Å². The predicted octanol–water partition coefficient (Wildman–Crippen LogP) is 2.79. The van der Waals surface area contributed by atoms with Gasteiger partial charge in [0.15, 0.2) is 0 Å². The standard InChI is InChI=1S/C15H18O3/c1-10(15(17)18)13-7-3-2-5-11(13)9-12-6-4-8-14(12)16/h2-3,5,7,10,12H,4,6,8-9H2,1H3,(H,17,18). The molecule has 0 saturated heterocycles. The number of carboxylic acid groups (broad SMARTS) is 1. The van der Waals surface area contributed by atoms with E-state index in [1.165, 1.54) is 0 Å². The summed E-state index contributed by atoms with van der Waals surface area (Å²) in [7, 11) is 0. The van der Waals surface area contributed by atoms with Crippen molar-refractivity contribution in [2.75, 3.05) is 0 Å². The number of hydrogen-bond donors (Lipinski definition) is 1. The Labute approximate surface area is 107 Å². The minimum Gasteiger partial charge on any atom is -0.481 e. The summed E-state index contributed by atoms with van der Waals surface area (Å²) in [5, 5.41) is 9.11. The molecule has 0 bridgehead atoms. The highest BCUT2D eigenvalue weighted by molar-refractivity contribution is 5.83. The van der Waals surface area contributed by atoms with Crippen molar-refractivity contribution in [1.82, 2.24) is 0 Å². The molecule has 0 heterocycles. The average Bonchev–Trinajstić information content (AvgIpc) is 2.75. The molecule has 0 aromatic heterocycles. The van der Waals surface area contributed by atoms with Gasteiger partial charge in [0.25, 0.3) is 0 Å². The van der Waals surface area contributed by atoms with Crippen molar-refractivity contribution < 1.29 is 14.7 Å². The molecule has 0 radical (unpaired) electrons. The van der Waals surface area contributed by atoms with E-state index in [2.05, 4.69) is 0 Å². The van der Waals surface area contributed by atoms with E-state index in [0.29, 0.717) is 18.6 Å². The maximum Gasteiger partial charge on any atom is 0.310 e. The van der Waals surface area contributed by atoms with Crippen LogP contribution in [0.1, 0.15) is 43.2 Å². The van der Waals surface area contributed by atoms with Gasteiger partial charge in [-0.2, -0.15) is 0 Å². The normalized spacial score (nSPS) is 20.9. The smallest absolute Gasteiger partial charge is 0.310 e. The van der Waals surface area contributed by atoms with E-state index < -0.39 is 11.9 Å². The molecule has 2 atom stereocenters. The Kier molecular flexibility index (Phi) is 3.80. The summed E-state index contributed by atoms with van der Waals surface area (Å²) in [5.74, 6) is -0.919. The molecule has 2 unspecified atom stereocenters. The van der Waals surface area contributed by atoms with Gasteiger partial charge in [-0.3, -0.25) is 9.59 Å². The molecule has 1 saturated carbocycles. The molecule has 1 N–H and O–H groups in total. The Morgan fingerprint density at radius 2 is 2.17 bits per heavy atom. The SMILES string of the molecule is CC(C(=O)O)c1ccccc1CC1CCCC1=O. The Hall–Kier alpha value is -1.64. The first kappa shape index (κ1) is 12.8. The maximum atomic E-state index is 11.7. The lowest BCUT2D eigenvalue weighted by atomic mass is 9.89. The van der Waals surface area contributed by atoms with Crippen LogP contribution in [0.15, 0.2) is 24.3 Å². The van der Waals surface area contributed by atoms with Gasteiger partial charge in [-0.1, -0.05) is 24.3 Å². The van der Waals surface area contributed by atoms with Crippen LogP contribution in [-0.2, 0) is 16.0 Å². The van der Waals surface area contributed by atoms with Crippen LogP contribution in [0.2, 0.25) is 0 Å². The Bertz CT molecular complexity index is 465. The van der Waals surface area contributed by atoms with Crippen LogP contribution in [0.25, 0.3) is 0 Å². The van der Waals surface area contributed by atoms with Crippen LogP contribution in [0, 0.1) is 5.92 Å². The van der Waals surface area contributed by atoms with E-state index in [1.807, 2.05) is 24.3 Å². The predicted molar refractivity (Wildman–Crippen MR) is 68.5 cm³/mol. The van der Waals surface area contributed by atoms with Gasteiger partial charge in [0.2, 0.25) is 0 Å². The molecule has 1 aromatic rings. The summed E-state index contributed by atoms with van der Waals surface area (Å²) in [6.07, 6.45) is 3.28. The van der Waals surface area contributed by atoms with E-state index in [9.17, 15) is 9.59 Å². The molecule has 0 spiro atoms. The lowest BCUT2D eigenvalue weighted by molar-refractivity contribution is -0.138. The maximum absolute atomic E-state index is 11.7. The zero-order valence-electron chi connectivity index (χ0n) is 10.6. The Morgan fingerprint density at radius 1 is 1.44 bits per heavy atom. The largest absolute Gasteiger partial charge is 0.481 e. The van der Waals surface area contributed by atoms with Crippen molar-refractivity contribution >= 4 is 11.8 Å². The van der Waals surface area contributed by atoms with Gasteiger partial charge < -0.3 is 5.11 Å². The van der Waals surface area contributed by atoms with Gasteiger partial charge in [0.1, 0.15) is 5.78 Å². The summed E-state index contributed by atoms with van der Waals surface area (Å²) < 4.78 is 0. The topological polar surface area (TPSA) is 54.4 Å². The molecule has 1 fully saturated rings. The molecule has 1 aromatic carbocycles. The third-order valence-electron chi connectivity index (χ3n) is 3.79. The van der Waals surface area contributed by atoms with Gasteiger partial charge in [0.05, 0.1) is 5.92 Å². The summed E-state index contributed by atoms with van der Waals surface area (Å²) in [6.45, 7) is 1.69. The molecule has 0 amide bonds. The number of ketones is 1. The second-order valence-electron chi connectivity index (χ2n) is 5.02. The fourth-order valence-corrected chi connectivity index (χ4v) is 2.64. The molecule has 1 aliphatic rings. The summed E-state index contributed by atoms with van der Waals surface area (Å²) in [5.41, 5.74) is 1.84. The molecular formula is C15H18O3. The van der Waals surface area contributed by atoms with Gasteiger partial charge >= 0.3 is 5.97 Å². The highest BCUT2D eigenvalue weighted by atomic mass is 16.4. The zero-order valence-corrected chi connectivity index (χ0v) is 10.6. The monoisotopic (exact) mass is 246 g/mol. The minimum absolute atomic E-state index is 0.0899. The fraction of sp³-hybridized carbons (Fsp3) is 0.467. The number of Topliss-reactive ketones (excluding diaryl/α,β-unsaturated/α-hetero) is 1. The van der Waals surface area contributed by atoms with Crippen molar-refractivity contribution in [3.63, 3.8) is 0 Å². The molecule has 0 aliphatic heterocycles. The highest BCUT2D eigenvalue weighted by Crippen LogP contribution is 2.28. The Balaban J connectivity index is 2.22. The van der Waals surface area contributed by atoms with Crippen LogP contribution in [0.5, 0.6) is 0 Å². The molecular weight excluding hydrogens is 228 g/mol. The average molecular weight is 246 g/mol. The molecule has 3 heteroatoms. The van der Waals surface area contributed by atoms with E-state index in [-0.39, 0.29) is 5.92 Å². The minimum atomic E-state index is -0.819. The summed E-state index contributed by atoms with van der Waals surface area (Å²) in [6, 6.07) is 7.56. The van der Waals surface area contributed by atoms with E-state index in [1.54, 1.807) is 6.92 Å². The molecule has 2 rings (SSSR count). The number of aliphatic carboxylic acids is 1. The van der Waals surface area contributed by atoms with E-state index in [4.69, 9.17) is 5.11 Å². The molecule has 96 valence electrons. The van der Waals surface area contributed by atoms with Crippen LogP contribution in [0.3, 0.4) is 0 Å². The number of carbonyl (C=O) groups is 2. The van der Waals surface area contributed by atoms with Crippen molar-refractivity contribution in [2.45, 2.75) is 38.5 Å². The second kappa shape index (κ2) is 5.34. The van der Waals surface area contributed by atoms with Gasteiger partial charge in [-0.25, -0.2) is 0 Å². The summed E-state index contributed by atoms with van der Waals surface area (Å²) >= 11 is 0. The lowest BCUT2D eigenvalue weighted by Crippen LogP contribution is -2.14. The number of carbonyl (C=O) groups excluding carboxylic acids is 1. The van der Waals surface area contributed by atoms with Gasteiger partial charge in [-0.05, 0) is 37.3 Å². The number of benzene rings is 1. The molecule has 3 nitrogen and oxygen atoms in total. The number of rotatable bonds is 4. The van der Waals surface area contributed by atoms with E-state index in [0.717, 1.165) is 24.0 Å². The molecule has 18 heavy (non-hydrogen) atoms. The fourth-order valence-electron chi connectivity index (χ4n) is 2.64. The van der Waals surface area contributed by atoms with Gasteiger partial charge in [-0.15, -0.1) is 0 Å². The Morgan fingerprint density at radius 3 is 2.78 bits per heavy atom. The third-order valence-corrected chi connectivity index (χ3v) is 3.79. The number of hydrogen-bond acceptors (Lipinski definition) is 2. The third kappa shape index (κ3) is 2.61. The van der Waals surface area contributed by atoms with E-state index >= 15 is 0 Å². The first-order chi connectivity index (χ1) is 8.59. The van der Waals surface area contributed by atoms with Crippen molar-refractivity contribution in [3.05, 3.63) is 35.4 Å². The van der Waals surface area contributed by atoms with Crippen molar-refractivity contribution in [1.29, 1.82) is 0 Å². The number of carboxylic acids is 1. The first-order valence-electron chi connectivity index (χ1n) is 6.43. The first-order valence-corrected chi connectivity index (χ1v) is 6.43. The van der Waals surface area contributed by atoms with Crippen LogP contribution in [-0.4, -0.2) is 16.9 Å². The lowest BCUT2D eigenvalue weighted by Gasteiger charge is -2.15. The molecule has 1 aliphatic carbocycles. The second-order valence-corrected chi connectivity index (χ2v) is 5.02. The van der Waals surface area contributed by atoms with Crippen LogP contribution < -0.4 is 0 Å². The van der Waals surface area contributed by atoms with Gasteiger partial charge in [0, 0.05) is 12.3 Å².